The van der Waals surface area contributed by atoms with Crippen LogP contribution < -0.4 is 51.4 Å². The molecule has 1 aromatic rings. The molecule has 0 atom stereocenters. The van der Waals surface area contributed by atoms with Gasteiger partial charge in [0.15, 0.2) is 0 Å². The Balaban J connectivity index is 0.0000230. The number of unbranched alkanes of at least 4 members (excludes halogenated alkanes) is 20. The molecule has 274 valence electrons. The van der Waals surface area contributed by atoms with Crippen LogP contribution in [0.1, 0.15) is 189 Å². The Kier molecular flexibility index (Phi) is 32.5. The molecule has 0 heterocycles. The van der Waals surface area contributed by atoms with Crippen molar-refractivity contribution in [2.45, 2.75) is 173 Å². The smallest absolute Gasteiger partial charge is 0.744 e. The van der Waals surface area contributed by atoms with E-state index in [1.807, 2.05) is 0 Å². The molecule has 0 saturated heterocycles. The van der Waals surface area contributed by atoms with Crippen LogP contribution in [0.15, 0.2) is 47.4 Å². The number of carbonyl (C=O) groups is 2. The molecule has 0 saturated carbocycles. The molecule has 1 rings (SSSR count). The minimum atomic E-state index is -4.81. The van der Waals surface area contributed by atoms with E-state index in [1.165, 1.54) is 70.6 Å². The van der Waals surface area contributed by atoms with Crippen LogP contribution in [0.4, 0.5) is 0 Å². The summed E-state index contributed by atoms with van der Waals surface area (Å²) in [7, 11) is -4.81. The largest absolute Gasteiger partial charge is 1.00 e. The van der Waals surface area contributed by atoms with E-state index in [1.54, 1.807) is 0 Å². The van der Waals surface area contributed by atoms with Gasteiger partial charge < -0.3 is 14.0 Å². The summed E-state index contributed by atoms with van der Waals surface area (Å²) < 4.78 is 45.5. The van der Waals surface area contributed by atoms with E-state index in [0.29, 0.717) is 12.8 Å². The van der Waals surface area contributed by atoms with Gasteiger partial charge in [0.1, 0.15) is 10.1 Å². The van der Waals surface area contributed by atoms with Gasteiger partial charge in [-0.2, -0.15) is 0 Å². The zero-order valence-electron chi connectivity index (χ0n) is 31.2. The molecule has 49 heavy (non-hydrogen) atoms. The van der Waals surface area contributed by atoms with Crippen LogP contribution in [-0.4, -0.2) is 38.1 Å². The van der Waals surface area contributed by atoms with Gasteiger partial charge in [-0.25, -0.2) is 18.0 Å². The Morgan fingerprint density at radius 3 is 1.29 bits per heavy atom. The number of hydrogen-bond acceptors (Lipinski definition) is 7. The second-order valence-electron chi connectivity index (χ2n) is 12.9. The first-order valence-electron chi connectivity index (χ1n) is 19.0. The van der Waals surface area contributed by atoms with Crippen molar-refractivity contribution in [1.82, 2.24) is 0 Å². The maximum Gasteiger partial charge on any atom is 1.00 e. The molecule has 1 aromatic carbocycles. The first kappa shape index (κ1) is 48.2. The molecule has 0 bridgehead atoms. The maximum absolute atomic E-state index is 12.9. The number of allylic oxidation sites excluding steroid dienone is 4. The summed E-state index contributed by atoms with van der Waals surface area (Å²) >= 11 is 0. The van der Waals surface area contributed by atoms with Crippen molar-refractivity contribution in [1.29, 1.82) is 0 Å². The summed E-state index contributed by atoms with van der Waals surface area (Å²) in [5.41, 5.74) is -0.360. The predicted molar refractivity (Wildman–Crippen MR) is 195 cm³/mol. The van der Waals surface area contributed by atoms with Gasteiger partial charge >= 0.3 is 63.3 Å². The molecule has 0 fully saturated rings. The van der Waals surface area contributed by atoms with Crippen LogP contribution >= 0.6 is 0 Å². The van der Waals surface area contributed by atoms with Gasteiger partial charge in [-0.3, -0.25) is 0 Å². The first-order valence-corrected chi connectivity index (χ1v) is 20.5. The van der Waals surface area contributed by atoms with E-state index in [2.05, 4.69) is 38.2 Å². The molecule has 0 spiro atoms. The quantitative estimate of drug-likeness (QED) is 0.0248. The van der Waals surface area contributed by atoms with E-state index in [9.17, 15) is 22.6 Å². The number of ether oxygens (including phenoxy) is 2. The van der Waals surface area contributed by atoms with Crippen LogP contribution in [-0.2, 0) is 19.6 Å². The normalized spacial score (nSPS) is 11.7. The number of rotatable bonds is 31. The number of hydrogen-bond donors (Lipinski definition) is 0. The molecule has 7 nitrogen and oxygen atoms in total. The fraction of sp³-hybridized carbons (Fsp3) is 0.700. The number of carbonyl (C=O) groups excluding carboxylic acids is 2. The summed E-state index contributed by atoms with van der Waals surface area (Å²) in [5, 5.41) is 0. The van der Waals surface area contributed by atoms with Crippen molar-refractivity contribution < 1.29 is 83.4 Å². The minimum Gasteiger partial charge on any atom is -0.744 e. The third-order valence-electron chi connectivity index (χ3n) is 8.50. The van der Waals surface area contributed by atoms with Gasteiger partial charge in [0.05, 0.1) is 29.2 Å². The fourth-order valence-electron chi connectivity index (χ4n) is 5.50. The van der Waals surface area contributed by atoms with Gasteiger partial charge in [-0.15, -0.1) is 0 Å². The SMILES string of the molecule is CCCCCCC/C=C/CCCCCCCOC(=O)c1ccc(S(=O)(=O)[O-])cc1C(=O)OCCCCCCC/C=C/CCCCCCC.[K+]. The predicted octanol–water partition coefficient (Wildman–Crippen LogP) is 8.42. The van der Waals surface area contributed by atoms with Crippen LogP contribution in [0.5, 0.6) is 0 Å². The molecule has 0 aliphatic heterocycles. The summed E-state index contributed by atoms with van der Waals surface area (Å²) in [5.74, 6) is -1.57. The van der Waals surface area contributed by atoms with E-state index in [-0.39, 0.29) is 75.7 Å². The second-order valence-corrected chi connectivity index (χ2v) is 14.3. The van der Waals surface area contributed by atoms with Crippen molar-refractivity contribution in [2.24, 2.45) is 0 Å². The van der Waals surface area contributed by atoms with Gasteiger partial charge in [0.25, 0.3) is 0 Å². The van der Waals surface area contributed by atoms with E-state index in [0.717, 1.165) is 88.8 Å². The van der Waals surface area contributed by atoms with Crippen LogP contribution in [0, 0.1) is 0 Å². The number of benzene rings is 1. The molecular formula is C40H65KO7S. The second kappa shape index (κ2) is 33.1. The van der Waals surface area contributed by atoms with Gasteiger partial charge in [0, 0.05) is 0 Å². The zero-order chi connectivity index (χ0) is 35.1. The Bertz CT molecular complexity index is 1150. The Morgan fingerprint density at radius 2 is 0.898 bits per heavy atom. The topological polar surface area (TPSA) is 110 Å². The van der Waals surface area contributed by atoms with Crippen molar-refractivity contribution in [3.63, 3.8) is 0 Å². The fourth-order valence-corrected chi connectivity index (χ4v) is 6.00. The molecule has 0 aliphatic carbocycles. The molecular weight excluding hydrogens is 664 g/mol. The van der Waals surface area contributed by atoms with E-state index < -0.39 is 27.0 Å². The van der Waals surface area contributed by atoms with Gasteiger partial charge in [-0.1, -0.05) is 128 Å². The Hall–Kier alpha value is -0.814. The summed E-state index contributed by atoms with van der Waals surface area (Å²) in [6.07, 6.45) is 36.5. The van der Waals surface area contributed by atoms with Crippen molar-refractivity contribution >= 4 is 22.1 Å². The van der Waals surface area contributed by atoms with Gasteiger partial charge in [-0.05, 0) is 82.4 Å². The van der Waals surface area contributed by atoms with Crippen LogP contribution in [0.25, 0.3) is 0 Å². The van der Waals surface area contributed by atoms with Crippen molar-refractivity contribution in [3.05, 3.63) is 53.6 Å². The van der Waals surface area contributed by atoms with Gasteiger partial charge in [0.2, 0.25) is 0 Å². The van der Waals surface area contributed by atoms with E-state index >= 15 is 0 Å². The Morgan fingerprint density at radius 1 is 0.551 bits per heavy atom. The third-order valence-corrected chi connectivity index (χ3v) is 9.33. The average Bonchev–Trinajstić information content (AvgIpc) is 3.07. The number of esters is 2. The first-order chi connectivity index (χ1) is 23.3. The summed E-state index contributed by atoms with van der Waals surface area (Å²) in [6.45, 7) is 4.81. The average molecular weight is 729 g/mol. The Labute approximate surface area is 342 Å². The molecule has 0 aliphatic rings. The standard InChI is InChI=1S/C40H66O7S.K/c1-3-5-7-9-11-13-15-17-19-21-23-25-27-29-33-46-39(41)37-32-31-36(48(43,44)45)35-38(37)40(42)47-34-30-28-26-24-22-20-18-16-14-12-10-8-6-4-2;/h15-18,31-32,35H,3-14,19-30,33-34H2,1-2H3,(H,43,44,45);/q;+1/p-1/b17-15+,18-16+;. The molecule has 0 aromatic heterocycles. The molecule has 0 N–H and O–H groups in total. The molecule has 0 radical (unpaired) electrons. The zero-order valence-corrected chi connectivity index (χ0v) is 35.1. The summed E-state index contributed by atoms with van der Waals surface area (Å²) in [4.78, 5) is 25.1. The molecule has 0 unspecified atom stereocenters. The maximum atomic E-state index is 12.9. The monoisotopic (exact) mass is 728 g/mol. The molecule has 0 amide bonds. The van der Waals surface area contributed by atoms with Crippen LogP contribution in [0.3, 0.4) is 0 Å². The summed E-state index contributed by atoms with van der Waals surface area (Å²) in [6, 6.07) is 3.10. The van der Waals surface area contributed by atoms with Crippen molar-refractivity contribution in [2.75, 3.05) is 13.2 Å². The van der Waals surface area contributed by atoms with E-state index in [4.69, 9.17) is 9.47 Å². The minimum absolute atomic E-state index is 0. The third kappa shape index (κ3) is 26.6. The van der Waals surface area contributed by atoms with Crippen molar-refractivity contribution in [3.8, 4) is 0 Å². The molecule has 9 heteroatoms. The van der Waals surface area contributed by atoms with Crippen LogP contribution in [0.2, 0.25) is 0 Å².